The van der Waals surface area contributed by atoms with E-state index in [1.807, 2.05) is 19.9 Å². The second-order valence-corrected chi connectivity index (χ2v) is 6.34. The standard InChI is InChI=1S/C15H19N3O2S/c1-3-11-9-13(16)12(4-2)14(10-11)21(19,20)18-15-7-5-6-8-17-15/h5-10H,3-4,16H2,1-2H3,(H,17,18). The molecule has 0 saturated heterocycles. The number of anilines is 2. The van der Waals surface area contributed by atoms with Crippen LogP contribution in [-0.2, 0) is 22.9 Å². The molecule has 1 heterocycles. The number of aromatic nitrogens is 1. The number of nitrogens with two attached hydrogens (primary N) is 1. The summed E-state index contributed by atoms with van der Waals surface area (Å²) in [6, 6.07) is 8.57. The number of hydrogen-bond acceptors (Lipinski definition) is 4. The van der Waals surface area contributed by atoms with Crippen molar-refractivity contribution in [2.24, 2.45) is 0 Å². The summed E-state index contributed by atoms with van der Waals surface area (Å²) in [6.45, 7) is 3.85. The van der Waals surface area contributed by atoms with Crippen LogP contribution in [0.3, 0.4) is 0 Å². The molecule has 0 bridgehead atoms. The molecule has 0 aliphatic rings. The molecule has 1 aromatic carbocycles. The zero-order chi connectivity index (χ0) is 15.5. The Balaban J connectivity index is 2.51. The van der Waals surface area contributed by atoms with Gasteiger partial charge in [-0.25, -0.2) is 13.4 Å². The average molecular weight is 305 g/mol. The number of nitrogens with one attached hydrogen (secondary N) is 1. The minimum atomic E-state index is -3.70. The smallest absolute Gasteiger partial charge is 0.263 e. The molecule has 0 saturated carbocycles. The van der Waals surface area contributed by atoms with Crippen LogP contribution in [0, 0.1) is 0 Å². The molecule has 21 heavy (non-hydrogen) atoms. The van der Waals surface area contributed by atoms with Gasteiger partial charge in [0.2, 0.25) is 0 Å². The highest BCUT2D eigenvalue weighted by Gasteiger charge is 2.21. The van der Waals surface area contributed by atoms with Crippen LogP contribution in [0.15, 0.2) is 41.4 Å². The van der Waals surface area contributed by atoms with Gasteiger partial charge in [-0.3, -0.25) is 4.72 Å². The van der Waals surface area contributed by atoms with E-state index in [-0.39, 0.29) is 4.90 Å². The van der Waals surface area contributed by atoms with Gasteiger partial charge in [-0.05, 0) is 48.2 Å². The van der Waals surface area contributed by atoms with Crippen molar-refractivity contribution < 1.29 is 8.42 Å². The quantitative estimate of drug-likeness (QED) is 0.831. The van der Waals surface area contributed by atoms with Crippen molar-refractivity contribution in [2.45, 2.75) is 31.6 Å². The molecule has 1 aromatic heterocycles. The second kappa shape index (κ2) is 6.13. The van der Waals surface area contributed by atoms with E-state index >= 15 is 0 Å². The third-order valence-corrected chi connectivity index (χ3v) is 4.68. The number of pyridine rings is 1. The molecule has 0 fully saturated rings. The van der Waals surface area contributed by atoms with E-state index in [2.05, 4.69) is 9.71 Å². The Kier molecular flexibility index (Phi) is 4.47. The summed E-state index contributed by atoms with van der Waals surface area (Å²) in [5.74, 6) is 0.292. The Morgan fingerprint density at radius 2 is 1.95 bits per heavy atom. The van der Waals surface area contributed by atoms with Gasteiger partial charge in [0.1, 0.15) is 5.82 Å². The van der Waals surface area contributed by atoms with Crippen molar-refractivity contribution in [3.63, 3.8) is 0 Å². The first kappa shape index (κ1) is 15.3. The van der Waals surface area contributed by atoms with Crippen LogP contribution in [0.4, 0.5) is 11.5 Å². The number of sulfonamides is 1. The molecule has 5 nitrogen and oxygen atoms in total. The van der Waals surface area contributed by atoms with Crippen LogP contribution >= 0.6 is 0 Å². The van der Waals surface area contributed by atoms with E-state index in [0.717, 1.165) is 12.0 Å². The Morgan fingerprint density at radius 1 is 1.19 bits per heavy atom. The van der Waals surface area contributed by atoms with Crippen LogP contribution in [0.2, 0.25) is 0 Å². The van der Waals surface area contributed by atoms with Gasteiger partial charge >= 0.3 is 0 Å². The van der Waals surface area contributed by atoms with E-state index in [9.17, 15) is 8.42 Å². The molecule has 0 unspecified atom stereocenters. The Labute approximate surface area is 125 Å². The zero-order valence-corrected chi connectivity index (χ0v) is 12.9. The van der Waals surface area contributed by atoms with Crippen molar-refractivity contribution >= 4 is 21.5 Å². The van der Waals surface area contributed by atoms with Crippen molar-refractivity contribution in [1.82, 2.24) is 4.98 Å². The number of aryl methyl sites for hydroxylation is 1. The molecule has 0 aliphatic heterocycles. The largest absolute Gasteiger partial charge is 0.398 e. The summed E-state index contributed by atoms with van der Waals surface area (Å²) in [5.41, 5.74) is 8.03. The van der Waals surface area contributed by atoms with E-state index in [0.29, 0.717) is 23.5 Å². The van der Waals surface area contributed by atoms with Gasteiger partial charge in [0.25, 0.3) is 10.0 Å². The molecule has 0 amide bonds. The van der Waals surface area contributed by atoms with Crippen molar-refractivity contribution in [3.05, 3.63) is 47.7 Å². The molecule has 6 heteroatoms. The Morgan fingerprint density at radius 3 is 2.52 bits per heavy atom. The number of hydrogen-bond donors (Lipinski definition) is 2. The Hall–Kier alpha value is -2.08. The molecule has 112 valence electrons. The van der Waals surface area contributed by atoms with E-state index in [4.69, 9.17) is 5.73 Å². The maximum Gasteiger partial charge on any atom is 0.263 e. The van der Waals surface area contributed by atoms with E-state index < -0.39 is 10.0 Å². The fourth-order valence-corrected chi connectivity index (χ4v) is 3.56. The van der Waals surface area contributed by atoms with Crippen LogP contribution in [0.5, 0.6) is 0 Å². The maximum absolute atomic E-state index is 12.6. The number of nitrogens with zero attached hydrogens (tertiary/aromatic N) is 1. The lowest BCUT2D eigenvalue weighted by Gasteiger charge is -2.14. The highest BCUT2D eigenvalue weighted by molar-refractivity contribution is 7.92. The lowest BCUT2D eigenvalue weighted by Crippen LogP contribution is -2.17. The van der Waals surface area contributed by atoms with Crippen molar-refractivity contribution in [1.29, 1.82) is 0 Å². The van der Waals surface area contributed by atoms with Crippen molar-refractivity contribution in [3.8, 4) is 0 Å². The normalized spacial score (nSPS) is 11.3. The molecule has 0 aliphatic carbocycles. The van der Waals surface area contributed by atoms with E-state index in [1.165, 1.54) is 6.20 Å². The summed E-state index contributed by atoms with van der Waals surface area (Å²) in [5, 5.41) is 0. The van der Waals surface area contributed by atoms with Gasteiger partial charge in [-0.15, -0.1) is 0 Å². The molecule has 0 atom stereocenters. The summed E-state index contributed by atoms with van der Waals surface area (Å²) in [4.78, 5) is 4.22. The summed E-state index contributed by atoms with van der Waals surface area (Å²) in [7, 11) is -3.70. The van der Waals surface area contributed by atoms with Gasteiger partial charge in [0.15, 0.2) is 0 Å². The molecule has 0 spiro atoms. The monoisotopic (exact) mass is 305 g/mol. The predicted molar refractivity (Wildman–Crippen MR) is 84.7 cm³/mol. The molecular weight excluding hydrogens is 286 g/mol. The fraction of sp³-hybridized carbons (Fsp3) is 0.267. The van der Waals surface area contributed by atoms with Crippen LogP contribution < -0.4 is 10.5 Å². The van der Waals surface area contributed by atoms with Gasteiger partial charge < -0.3 is 5.73 Å². The first-order chi connectivity index (χ1) is 9.97. The van der Waals surface area contributed by atoms with Crippen LogP contribution in [-0.4, -0.2) is 13.4 Å². The van der Waals surface area contributed by atoms with Crippen molar-refractivity contribution in [2.75, 3.05) is 10.5 Å². The summed E-state index contributed by atoms with van der Waals surface area (Å²) >= 11 is 0. The minimum Gasteiger partial charge on any atom is -0.398 e. The lowest BCUT2D eigenvalue weighted by atomic mass is 10.1. The number of rotatable bonds is 5. The first-order valence-corrected chi connectivity index (χ1v) is 8.31. The van der Waals surface area contributed by atoms with Crippen LogP contribution in [0.25, 0.3) is 0 Å². The number of nitrogen functional groups attached to an aromatic ring is 1. The predicted octanol–water partition coefficient (Wildman–Crippen LogP) is 2.59. The first-order valence-electron chi connectivity index (χ1n) is 6.83. The lowest BCUT2D eigenvalue weighted by molar-refractivity contribution is 0.600. The van der Waals surface area contributed by atoms with Gasteiger partial charge in [-0.2, -0.15) is 0 Å². The fourth-order valence-electron chi connectivity index (χ4n) is 2.16. The third kappa shape index (κ3) is 3.33. The third-order valence-electron chi connectivity index (χ3n) is 3.26. The van der Waals surface area contributed by atoms with Gasteiger partial charge in [0, 0.05) is 11.9 Å². The molecule has 0 radical (unpaired) electrons. The molecule has 2 aromatic rings. The molecule has 2 rings (SSSR count). The van der Waals surface area contributed by atoms with Gasteiger partial charge in [-0.1, -0.05) is 19.9 Å². The van der Waals surface area contributed by atoms with Crippen LogP contribution in [0.1, 0.15) is 25.0 Å². The summed E-state index contributed by atoms with van der Waals surface area (Å²) in [6.07, 6.45) is 2.81. The maximum atomic E-state index is 12.6. The SMILES string of the molecule is CCc1cc(N)c(CC)c(S(=O)(=O)Nc2ccccn2)c1. The zero-order valence-electron chi connectivity index (χ0n) is 12.1. The second-order valence-electron chi connectivity index (χ2n) is 4.69. The summed E-state index contributed by atoms with van der Waals surface area (Å²) < 4.78 is 27.7. The number of benzene rings is 1. The highest BCUT2D eigenvalue weighted by Crippen LogP contribution is 2.26. The van der Waals surface area contributed by atoms with E-state index in [1.54, 1.807) is 24.3 Å². The molecule has 3 N–H and O–H groups in total. The molecular formula is C15H19N3O2S. The highest BCUT2D eigenvalue weighted by atomic mass is 32.2. The van der Waals surface area contributed by atoms with Gasteiger partial charge in [0.05, 0.1) is 4.90 Å². The average Bonchev–Trinajstić information content (AvgIpc) is 2.47. The Bertz CT molecular complexity index is 728. The minimum absolute atomic E-state index is 0.229. The topological polar surface area (TPSA) is 85.1 Å².